The second kappa shape index (κ2) is 18.4. The van der Waals surface area contributed by atoms with Crippen molar-refractivity contribution in [1.82, 2.24) is 15.2 Å². The molecule has 0 spiro atoms. The summed E-state index contributed by atoms with van der Waals surface area (Å²) in [5.74, 6) is 3.67. The van der Waals surface area contributed by atoms with Crippen LogP contribution in [0.3, 0.4) is 0 Å². The van der Waals surface area contributed by atoms with Gasteiger partial charge >= 0.3 is 0 Å². The van der Waals surface area contributed by atoms with E-state index in [1.165, 1.54) is 23.2 Å². The van der Waals surface area contributed by atoms with Gasteiger partial charge in [0, 0.05) is 38.6 Å². The average Bonchev–Trinajstić information content (AvgIpc) is 3.68. The number of carbonyl (C=O) groups is 1. The SMILES string of the molecule is CN(C)CCC(O)CNC=O.CSN(C)c1cc(C)cc(N(CC2CC2C)c2ccccc2)n1.Cc1ccccc1. The average molecular weight is 580 g/mol. The minimum Gasteiger partial charge on any atom is -0.391 e. The molecule has 1 aromatic heterocycles. The second-order valence-corrected chi connectivity index (χ2v) is 11.8. The lowest BCUT2D eigenvalue weighted by atomic mass is 10.2. The number of nitrogens with one attached hydrogen (secondary N) is 1. The van der Waals surface area contributed by atoms with Crippen molar-refractivity contribution in [1.29, 1.82) is 0 Å². The number of pyridine rings is 1. The molecule has 1 saturated carbocycles. The first-order valence-corrected chi connectivity index (χ1v) is 15.4. The van der Waals surface area contributed by atoms with Gasteiger partial charge in [0.2, 0.25) is 6.41 Å². The highest BCUT2D eigenvalue weighted by molar-refractivity contribution is 7.99. The summed E-state index contributed by atoms with van der Waals surface area (Å²) in [6.45, 7) is 8.79. The lowest BCUT2D eigenvalue weighted by molar-refractivity contribution is -0.110. The number of benzene rings is 2. The fourth-order valence-corrected chi connectivity index (χ4v) is 4.36. The predicted molar refractivity (Wildman–Crippen MR) is 176 cm³/mol. The van der Waals surface area contributed by atoms with Gasteiger partial charge in [-0.3, -0.25) is 4.79 Å². The number of para-hydroxylation sites is 1. The number of anilines is 3. The molecule has 1 aliphatic carbocycles. The molecular formula is C33H49N5O2S. The molecule has 2 aromatic carbocycles. The number of hydrogen-bond acceptors (Lipinski definition) is 7. The van der Waals surface area contributed by atoms with Crippen molar-refractivity contribution in [2.45, 2.75) is 39.7 Å². The Morgan fingerprint density at radius 2 is 1.59 bits per heavy atom. The van der Waals surface area contributed by atoms with Gasteiger partial charge in [0.25, 0.3) is 0 Å². The molecule has 1 fully saturated rings. The first-order chi connectivity index (χ1) is 19.6. The monoisotopic (exact) mass is 579 g/mol. The van der Waals surface area contributed by atoms with Gasteiger partial charge in [-0.2, -0.15) is 0 Å². The minimum atomic E-state index is -0.428. The predicted octanol–water partition coefficient (Wildman–Crippen LogP) is 5.94. The Labute approximate surface area is 252 Å². The van der Waals surface area contributed by atoms with Crippen LogP contribution in [0.5, 0.6) is 0 Å². The van der Waals surface area contributed by atoms with Gasteiger partial charge in [-0.15, -0.1) is 0 Å². The van der Waals surface area contributed by atoms with Gasteiger partial charge in [0.05, 0.1) is 6.10 Å². The first kappa shape index (κ1) is 34.1. The van der Waals surface area contributed by atoms with Gasteiger partial charge in [0.1, 0.15) is 11.6 Å². The van der Waals surface area contributed by atoms with Crippen molar-refractivity contribution < 1.29 is 9.90 Å². The molecule has 3 atom stereocenters. The van der Waals surface area contributed by atoms with Crippen LogP contribution in [0.1, 0.15) is 30.9 Å². The maximum atomic E-state index is 9.81. The number of aliphatic hydroxyl groups excluding tert-OH is 1. The molecule has 3 aromatic rings. The summed E-state index contributed by atoms with van der Waals surface area (Å²) in [5.41, 5.74) is 3.79. The molecule has 0 aliphatic heterocycles. The number of hydrogen-bond donors (Lipinski definition) is 2. The second-order valence-electron chi connectivity index (χ2n) is 10.9. The van der Waals surface area contributed by atoms with Crippen LogP contribution in [0.4, 0.5) is 17.3 Å². The Morgan fingerprint density at radius 1 is 1.00 bits per heavy atom. The maximum Gasteiger partial charge on any atom is 0.207 e. The number of nitrogens with zero attached hydrogens (tertiary/aromatic N) is 4. The van der Waals surface area contributed by atoms with Crippen molar-refractivity contribution in [2.75, 3.05) is 56.2 Å². The van der Waals surface area contributed by atoms with Crippen molar-refractivity contribution in [3.63, 3.8) is 0 Å². The van der Waals surface area contributed by atoms with Crippen LogP contribution in [-0.4, -0.2) is 74.5 Å². The fourth-order valence-electron chi connectivity index (χ4n) is 4.08. The van der Waals surface area contributed by atoms with Gasteiger partial charge in [0.15, 0.2) is 0 Å². The van der Waals surface area contributed by atoms with E-state index >= 15 is 0 Å². The molecule has 0 saturated heterocycles. The third-order valence-electron chi connectivity index (χ3n) is 6.86. The summed E-state index contributed by atoms with van der Waals surface area (Å²) in [6, 6.07) is 25.2. The van der Waals surface area contributed by atoms with E-state index in [4.69, 9.17) is 4.98 Å². The Morgan fingerprint density at radius 3 is 2.07 bits per heavy atom. The third kappa shape index (κ3) is 13.4. The molecule has 8 heteroatoms. The molecule has 2 N–H and O–H groups in total. The van der Waals surface area contributed by atoms with E-state index in [0.717, 1.165) is 36.6 Å². The summed E-state index contributed by atoms with van der Waals surface area (Å²) >= 11 is 1.68. The molecule has 41 heavy (non-hydrogen) atoms. The Hall–Kier alpha value is -3.07. The molecular weight excluding hydrogens is 530 g/mol. The molecule has 1 aliphatic rings. The Bertz CT molecular complexity index is 1130. The molecule has 224 valence electrons. The normalized spacial score (nSPS) is 15.9. The largest absolute Gasteiger partial charge is 0.391 e. The highest BCUT2D eigenvalue weighted by atomic mass is 32.2. The summed E-state index contributed by atoms with van der Waals surface area (Å²) < 4.78 is 2.11. The van der Waals surface area contributed by atoms with E-state index in [9.17, 15) is 9.90 Å². The highest BCUT2D eigenvalue weighted by Crippen LogP contribution is 2.41. The molecule has 1 amide bonds. The zero-order valence-corrected chi connectivity index (χ0v) is 26.6. The van der Waals surface area contributed by atoms with Crippen LogP contribution in [0.25, 0.3) is 0 Å². The lowest BCUT2D eigenvalue weighted by Crippen LogP contribution is -2.28. The number of rotatable bonds is 12. The van der Waals surface area contributed by atoms with Crippen LogP contribution in [-0.2, 0) is 4.79 Å². The van der Waals surface area contributed by atoms with Crippen molar-refractivity contribution >= 4 is 35.7 Å². The highest BCUT2D eigenvalue weighted by Gasteiger charge is 2.34. The Balaban J connectivity index is 0.000000270. The fraction of sp³-hybridized carbons (Fsp3) is 0.455. The molecule has 0 bridgehead atoms. The van der Waals surface area contributed by atoms with Crippen LogP contribution in [0.2, 0.25) is 0 Å². The number of carbonyl (C=O) groups excluding carboxylic acids is 1. The smallest absolute Gasteiger partial charge is 0.207 e. The van der Waals surface area contributed by atoms with Crippen LogP contribution >= 0.6 is 11.9 Å². The number of aryl methyl sites for hydroxylation is 2. The van der Waals surface area contributed by atoms with E-state index in [-0.39, 0.29) is 0 Å². The number of aromatic nitrogens is 1. The lowest BCUT2D eigenvalue weighted by Gasteiger charge is -2.26. The van der Waals surface area contributed by atoms with Gasteiger partial charge in [-0.1, -0.05) is 73.0 Å². The quantitative estimate of drug-likeness (QED) is 0.203. The van der Waals surface area contributed by atoms with E-state index in [0.29, 0.717) is 19.4 Å². The van der Waals surface area contributed by atoms with E-state index in [2.05, 4.69) is 103 Å². The van der Waals surface area contributed by atoms with Gasteiger partial charge in [-0.25, -0.2) is 4.98 Å². The van der Waals surface area contributed by atoms with E-state index < -0.39 is 6.10 Å². The standard InChI is InChI=1S/C19H25N3S.C7H16N2O2.C7H8/c1-14-10-18(21(3)23-4)20-19(11-14)22(13-16-12-15(16)2)17-8-6-5-7-9-17;1-9(2)4-3-7(11)5-8-6-10;1-7-5-3-2-4-6-7/h5-11,15-16H,12-13H2,1-4H3;6-7,11H,3-5H2,1-2H3,(H,8,10);2-6H,1H3. The Kier molecular flexibility index (Phi) is 15.3. The van der Waals surface area contributed by atoms with E-state index in [1.807, 2.05) is 37.2 Å². The third-order valence-corrected chi connectivity index (χ3v) is 7.60. The number of amides is 1. The molecule has 1 heterocycles. The van der Waals surface area contributed by atoms with Crippen molar-refractivity contribution in [3.8, 4) is 0 Å². The molecule has 0 radical (unpaired) electrons. The summed E-state index contributed by atoms with van der Waals surface area (Å²) in [5, 5.41) is 11.6. The summed E-state index contributed by atoms with van der Waals surface area (Å²) in [7, 11) is 5.95. The van der Waals surface area contributed by atoms with E-state index in [1.54, 1.807) is 11.9 Å². The minimum absolute atomic E-state index is 0.345. The summed E-state index contributed by atoms with van der Waals surface area (Å²) in [6.07, 6.45) is 4.26. The molecule has 3 unspecified atom stereocenters. The summed E-state index contributed by atoms with van der Waals surface area (Å²) in [4.78, 5) is 19.1. The van der Waals surface area contributed by atoms with Crippen molar-refractivity contribution in [3.05, 3.63) is 83.9 Å². The first-order valence-electron chi connectivity index (χ1n) is 14.2. The molecule has 4 rings (SSSR count). The topological polar surface area (TPSA) is 71.9 Å². The van der Waals surface area contributed by atoms with Gasteiger partial charge in [-0.05, 0) is 82.4 Å². The zero-order chi connectivity index (χ0) is 30.2. The number of aliphatic hydroxyl groups is 1. The van der Waals surface area contributed by atoms with Crippen molar-refractivity contribution in [2.24, 2.45) is 11.8 Å². The maximum absolute atomic E-state index is 9.81. The van der Waals surface area contributed by atoms with Crippen LogP contribution in [0.15, 0.2) is 72.8 Å². The molecule has 7 nitrogen and oxygen atoms in total. The zero-order valence-electron chi connectivity index (χ0n) is 25.8. The van der Waals surface area contributed by atoms with Crippen LogP contribution < -0.4 is 14.5 Å². The van der Waals surface area contributed by atoms with Gasteiger partial charge < -0.3 is 24.5 Å². The van der Waals surface area contributed by atoms with Crippen LogP contribution in [0, 0.1) is 25.7 Å².